The zero-order chi connectivity index (χ0) is 14.5. The van der Waals surface area contributed by atoms with Crippen LogP contribution in [0.2, 0.25) is 0 Å². The van der Waals surface area contributed by atoms with Crippen molar-refractivity contribution in [3.63, 3.8) is 0 Å². The summed E-state index contributed by atoms with van der Waals surface area (Å²) in [4.78, 5) is 19.6. The molecule has 0 bridgehead atoms. The van der Waals surface area contributed by atoms with Crippen molar-refractivity contribution < 1.29 is 4.42 Å². The van der Waals surface area contributed by atoms with E-state index >= 15 is 0 Å². The van der Waals surface area contributed by atoms with E-state index in [1.165, 1.54) is 6.07 Å². The molecular weight excluding hydrogens is 264 g/mol. The molecule has 3 aromatic rings. The highest BCUT2D eigenvalue weighted by atomic mass is 16.3. The fraction of sp³-hybridized carbons (Fsp3) is 0. The third-order valence-corrected chi connectivity index (χ3v) is 2.84. The first-order chi connectivity index (χ1) is 10.3. The van der Waals surface area contributed by atoms with Gasteiger partial charge in [0.25, 0.3) is 5.56 Å². The van der Waals surface area contributed by atoms with E-state index in [2.05, 4.69) is 9.97 Å². The summed E-state index contributed by atoms with van der Waals surface area (Å²) in [6, 6.07) is 14.5. The Kier molecular flexibility index (Phi) is 3.69. The highest BCUT2D eigenvalue weighted by molar-refractivity contribution is 5.67. The van der Waals surface area contributed by atoms with Gasteiger partial charge in [-0.3, -0.25) is 9.78 Å². The van der Waals surface area contributed by atoms with Crippen molar-refractivity contribution in [3.8, 4) is 11.5 Å². The molecule has 0 amide bonds. The number of pyridine rings is 1. The standard InChI is InChI=1S/C17H12N2O2/c20-16-11-15(9-8-13-5-4-10-18-12-13)21-17(19-16)14-6-2-1-3-7-14/h1-12H. The van der Waals surface area contributed by atoms with Crippen molar-refractivity contribution in [2.24, 2.45) is 0 Å². The Labute approximate surface area is 121 Å². The maximum absolute atomic E-state index is 11.7. The van der Waals surface area contributed by atoms with Gasteiger partial charge in [0.05, 0.1) is 0 Å². The first kappa shape index (κ1) is 13.0. The molecule has 0 fully saturated rings. The largest absolute Gasteiger partial charge is 0.438 e. The summed E-state index contributed by atoms with van der Waals surface area (Å²) in [5, 5.41) is 0. The second kappa shape index (κ2) is 5.96. The van der Waals surface area contributed by atoms with Crippen molar-refractivity contribution >= 4 is 12.2 Å². The quantitative estimate of drug-likeness (QED) is 0.736. The predicted octanol–water partition coefficient (Wildman–Crippen LogP) is 3.27. The third-order valence-electron chi connectivity index (χ3n) is 2.84. The van der Waals surface area contributed by atoms with Gasteiger partial charge in [-0.2, -0.15) is 4.98 Å². The lowest BCUT2D eigenvalue weighted by Crippen LogP contribution is -2.05. The maximum atomic E-state index is 11.7. The Hall–Kier alpha value is -3.01. The molecule has 2 aromatic heterocycles. The molecule has 0 spiro atoms. The van der Waals surface area contributed by atoms with Crippen LogP contribution in [0.3, 0.4) is 0 Å². The van der Waals surface area contributed by atoms with E-state index in [1.807, 2.05) is 48.5 Å². The molecule has 2 heterocycles. The zero-order valence-corrected chi connectivity index (χ0v) is 11.1. The second-order valence-corrected chi connectivity index (χ2v) is 4.39. The Morgan fingerprint density at radius 1 is 1.00 bits per heavy atom. The van der Waals surface area contributed by atoms with E-state index in [0.29, 0.717) is 11.7 Å². The molecule has 0 radical (unpaired) electrons. The molecule has 0 aliphatic carbocycles. The van der Waals surface area contributed by atoms with E-state index in [0.717, 1.165) is 11.1 Å². The highest BCUT2D eigenvalue weighted by Gasteiger charge is 2.04. The Morgan fingerprint density at radius 2 is 1.86 bits per heavy atom. The molecule has 0 aliphatic rings. The van der Waals surface area contributed by atoms with Crippen LogP contribution in [0.4, 0.5) is 0 Å². The summed E-state index contributed by atoms with van der Waals surface area (Å²) < 4.78 is 5.65. The van der Waals surface area contributed by atoms with Gasteiger partial charge in [-0.15, -0.1) is 0 Å². The van der Waals surface area contributed by atoms with E-state index in [4.69, 9.17) is 4.42 Å². The van der Waals surface area contributed by atoms with Gasteiger partial charge in [-0.25, -0.2) is 0 Å². The summed E-state index contributed by atoms with van der Waals surface area (Å²) >= 11 is 0. The monoisotopic (exact) mass is 276 g/mol. The van der Waals surface area contributed by atoms with Crippen molar-refractivity contribution in [1.82, 2.24) is 9.97 Å². The molecule has 0 aliphatic heterocycles. The van der Waals surface area contributed by atoms with E-state index in [9.17, 15) is 4.79 Å². The fourth-order valence-corrected chi connectivity index (χ4v) is 1.86. The molecule has 0 N–H and O–H groups in total. The minimum Gasteiger partial charge on any atom is -0.438 e. The molecule has 3 rings (SSSR count). The van der Waals surface area contributed by atoms with Crippen LogP contribution in [0.15, 0.2) is 70.1 Å². The first-order valence-corrected chi connectivity index (χ1v) is 6.47. The van der Waals surface area contributed by atoms with E-state index in [-0.39, 0.29) is 5.56 Å². The lowest BCUT2D eigenvalue weighted by Gasteiger charge is -2.00. The average Bonchev–Trinajstić information content (AvgIpc) is 2.54. The lowest BCUT2D eigenvalue weighted by molar-refractivity contribution is 0.532. The minimum absolute atomic E-state index is 0.314. The number of hydrogen-bond donors (Lipinski definition) is 0. The van der Waals surface area contributed by atoms with Gasteiger partial charge in [0, 0.05) is 24.0 Å². The molecule has 0 saturated carbocycles. The van der Waals surface area contributed by atoms with Gasteiger partial charge >= 0.3 is 0 Å². The van der Waals surface area contributed by atoms with Crippen LogP contribution < -0.4 is 5.56 Å². The van der Waals surface area contributed by atoms with Crippen LogP contribution >= 0.6 is 0 Å². The smallest absolute Gasteiger partial charge is 0.276 e. The number of benzene rings is 1. The van der Waals surface area contributed by atoms with Crippen LogP contribution in [-0.2, 0) is 0 Å². The van der Waals surface area contributed by atoms with Crippen molar-refractivity contribution in [2.45, 2.75) is 0 Å². The summed E-state index contributed by atoms with van der Waals surface area (Å²) in [5.41, 5.74) is 1.37. The summed E-state index contributed by atoms with van der Waals surface area (Å²) in [6.45, 7) is 0. The van der Waals surface area contributed by atoms with Crippen LogP contribution in [0, 0.1) is 0 Å². The van der Waals surface area contributed by atoms with Gasteiger partial charge < -0.3 is 4.42 Å². The molecule has 0 atom stereocenters. The summed E-state index contributed by atoms with van der Waals surface area (Å²) in [6.07, 6.45) is 7.00. The van der Waals surface area contributed by atoms with Gasteiger partial charge in [0.15, 0.2) is 0 Å². The minimum atomic E-state index is -0.328. The molecule has 1 aromatic carbocycles. The third kappa shape index (κ3) is 3.30. The second-order valence-electron chi connectivity index (χ2n) is 4.39. The predicted molar refractivity (Wildman–Crippen MR) is 81.4 cm³/mol. The van der Waals surface area contributed by atoms with Crippen LogP contribution in [0.1, 0.15) is 11.3 Å². The number of hydrogen-bond acceptors (Lipinski definition) is 4. The van der Waals surface area contributed by atoms with Crippen LogP contribution in [0.5, 0.6) is 0 Å². The zero-order valence-electron chi connectivity index (χ0n) is 11.1. The fourth-order valence-electron chi connectivity index (χ4n) is 1.86. The summed E-state index contributed by atoms with van der Waals surface area (Å²) in [5.74, 6) is 0.770. The summed E-state index contributed by atoms with van der Waals surface area (Å²) in [7, 11) is 0. The molecule has 4 nitrogen and oxygen atoms in total. The van der Waals surface area contributed by atoms with Crippen molar-refractivity contribution in [3.05, 3.63) is 82.6 Å². The molecular formula is C17H12N2O2. The van der Waals surface area contributed by atoms with Gasteiger partial charge in [0.1, 0.15) is 5.76 Å². The van der Waals surface area contributed by atoms with E-state index < -0.39 is 0 Å². The Bertz CT molecular complexity index is 809. The molecule has 21 heavy (non-hydrogen) atoms. The van der Waals surface area contributed by atoms with E-state index in [1.54, 1.807) is 18.5 Å². The number of rotatable bonds is 3. The van der Waals surface area contributed by atoms with Crippen molar-refractivity contribution in [1.29, 1.82) is 0 Å². The highest BCUT2D eigenvalue weighted by Crippen LogP contribution is 2.17. The first-order valence-electron chi connectivity index (χ1n) is 6.47. The van der Waals surface area contributed by atoms with Crippen LogP contribution in [0.25, 0.3) is 23.6 Å². The SMILES string of the molecule is O=c1cc(C=Cc2cccnc2)oc(-c2ccccc2)n1. The molecule has 102 valence electrons. The topological polar surface area (TPSA) is 56.0 Å². The molecule has 0 unspecified atom stereocenters. The van der Waals surface area contributed by atoms with Gasteiger partial charge in [-0.05, 0) is 35.9 Å². The Morgan fingerprint density at radius 3 is 2.62 bits per heavy atom. The number of nitrogens with zero attached hydrogens (tertiary/aromatic N) is 2. The van der Waals surface area contributed by atoms with Gasteiger partial charge in [-0.1, -0.05) is 24.3 Å². The Balaban J connectivity index is 1.95. The average molecular weight is 276 g/mol. The lowest BCUT2D eigenvalue weighted by atomic mass is 10.2. The molecule has 4 heteroatoms. The normalized spacial score (nSPS) is 10.9. The number of aromatic nitrogens is 2. The van der Waals surface area contributed by atoms with Gasteiger partial charge in [0.2, 0.25) is 5.89 Å². The maximum Gasteiger partial charge on any atom is 0.276 e. The van der Waals surface area contributed by atoms with Crippen molar-refractivity contribution in [2.75, 3.05) is 0 Å². The molecule has 0 saturated heterocycles. The van der Waals surface area contributed by atoms with Crippen LogP contribution in [-0.4, -0.2) is 9.97 Å².